The van der Waals surface area contributed by atoms with E-state index >= 15 is 0 Å². The number of nitrogens with zero attached hydrogens (tertiary/aromatic N) is 4. The molecule has 0 atom stereocenters. The zero-order valence-electron chi connectivity index (χ0n) is 15.7. The van der Waals surface area contributed by atoms with Gasteiger partial charge in [0.1, 0.15) is 0 Å². The lowest BCUT2D eigenvalue weighted by Gasteiger charge is -2.23. The van der Waals surface area contributed by atoms with Gasteiger partial charge in [0.15, 0.2) is 0 Å². The summed E-state index contributed by atoms with van der Waals surface area (Å²) in [6, 6.07) is 0. The van der Waals surface area contributed by atoms with Crippen molar-refractivity contribution in [2.75, 3.05) is 41.3 Å². The van der Waals surface area contributed by atoms with Crippen molar-refractivity contribution in [3.63, 3.8) is 0 Å². The number of unbranched alkanes of at least 4 members (excludes halogenated alkanes) is 5. The van der Waals surface area contributed by atoms with Gasteiger partial charge in [0.25, 0.3) is 0 Å². The minimum absolute atomic E-state index is 0.765. The highest BCUT2D eigenvalue weighted by Crippen LogP contribution is 2.02. The summed E-state index contributed by atoms with van der Waals surface area (Å²) in [4.78, 5) is 13.4. The van der Waals surface area contributed by atoms with E-state index in [1.54, 1.807) is 0 Å². The molecule has 0 aliphatic rings. The highest BCUT2D eigenvalue weighted by Gasteiger charge is 2.06. The summed E-state index contributed by atoms with van der Waals surface area (Å²) < 4.78 is 0. The first-order chi connectivity index (χ1) is 10.5. The van der Waals surface area contributed by atoms with Gasteiger partial charge in [-0.1, -0.05) is 46.0 Å². The average molecular weight is 312 g/mol. The molecule has 0 saturated carbocycles. The van der Waals surface area contributed by atoms with Crippen molar-refractivity contribution < 1.29 is 0 Å². The van der Waals surface area contributed by atoms with E-state index in [0.29, 0.717) is 0 Å². The molecule has 0 heterocycles. The smallest absolute Gasteiger partial charge is 0.221 e. The topological polar surface area (TPSA) is 43.2 Å². The van der Waals surface area contributed by atoms with Crippen molar-refractivity contribution in [3.05, 3.63) is 0 Å². The molecule has 0 aromatic carbocycles. The predicted octanol–water partition coefficient (Wildman–Crippen LogP) is 3.18. The summed E-state index contributed by atoms with van der Waals surface area (Å²) in [5.74, 6) is 1.68. The molecule has 130 valence electrons. The van der Waals surface area contributed by atoms with E-state index in [0.717, 1.165) is 37.9 Å². The monoisotopic (exact) mass is 311 g/mol. The van der Waals surface area contributed by atoms with Crippen molar-refractivity contribution in [2.45, 2.75) is 58.8 Å². The van der Waals surface area contributed by atoms with E-state index in [1.807, 2.05) is 38.0 Å². The van der Waals surface area contributed by atoms with E-state index in [1.165, 1.54) is 32.1 Å². The SMILES string of the molecule is CCCCCCCN=C(N=C(N(C)C)N(C)C)NCCCC. The summed E-state index contributed by atoms with van der Waals surface area (Å²) in [6.45, 7) is 6.23. The molecular weight excluding hydrogens is 274 g/mol. The minimum atomic E-state index is 0.765. The molecule has 0 bridgehead atoms. The fraction of sp³-hybridized carbons (Fsp3) is 0.882. The van der Waals surface area contributed by atoms with Crippen LogP contribution in [0.2, 0.25) is 0 Å². The predicted molar refractivity (Wildman–Crippen MR) is 98.8 cm³/mol. The first-order valence-corrected chi connectivity index (χ1v) is 8.74. The first-order valence-electron chi connectivity index (χ1n) is 8.74. The third-order valence-electron chi connectivity index (χ3n) is 3.34. The van der Waals surface area contributed by atoms with E-state index < -0.39 is 0 Å². The minimum Gasteiger partial charge on any atom is -0.354 e. The summed E-state index contributed by atoms with van der Waals surface area (Å²) in [7, 11) is 8.03. The van der Waals surface area contributed by atoms with Gasteiger partial charge < -0.3 is 15.1 Å². The standard InChI is InChI=1S/C17H37N5/c1-7-9-11-12-13-15-19-16(18-14-10-8-2)20-17(21(3)4)22(5)6/h7-15H2,1-6H3,(H,18,19). The Morgan fingerprint density at radius 2 is 1.41 bits per heavy atom. The van der Waals surface area contributed by atoms with Gasteiger partial charge in [-0.25, -0.2) is 0 Å². The maximum Gasteiger partial charge on any atom is 0.221 e. The third kappa shape index (κ3) is 10.5. The van der Waals surface area contributed by atoms with Crippen molar-refractivity contribution in [1.29, 1.82) is 0 Å². The van der Waals surface area contributed by atoms with E-state index in [4.69, 9.17) is 0 Å². The molecule has 0 fully saturated rings. The molecular formula is C17H37N5. The second-order valence-electron chi connectivity index (χ2n) is 6.10. The Labute approximate surface area is 137 Å². The molecule has 0 rings (SSSR count). The van der Waals surface area contributed by atoms with E-state index in [2.05, 4.69) is 29.1 Å². The summed E-state index contributed by atoms with van der Waals surface area (Å²) in [5.41, 5.74) is 0. The summed E-state index contributed by atoms with van der Waals surface area (Å²) >= 11 is 0. The summed E-state index contributed by atoms with van der Waals surface area (Å²) in [6.07, 6.45) is 8.65. The zero-order chi connectivity index (χ0) is 16.8. The Hall–Kier alpha value is -1.26. The van der Waals surface area contributed by atoms with Crippen LogP contribution in [-0.4, -0.2) is 63.0 Å². The largest absolute Gasteiger partial charge is 0.354 e. The fourth-order valence-corrected chi connectivity index (χ4v) is 2.10. The van der Waals surface area contributed by atoms with Crippen LogP contribution in [0.1, 0.15) is 58.8 Å². The van der Waals surface area contributed by atoms with Crippen LogP contribution >= 0.6 is 0 Å². The highest BCUT2D eigenvalue weighted by atomic mass is 15.4. The average Bonchev–Trinajstić information content (AvgIpc) is 2.46. The molecule has 0 unspecified atom stereocenters. The molecule has 0 amide bonds. The van der Waals surface area contributed by atoms with Crippen molar-refractivity contribution >= 4 is 11.9 Å². The van der Waals surface area contributed by atoms with Gasteiger partial charge >= 0.3 is 0 Å². The Balaban J connectivity index is 4.62. The Bertz CT molecular complexity index is 311. The van der Waals surface area contributed by atoms with E-state index in [-0.39, 0.29) is 0 Å². The molecule has 0 aromatic heterocycles. The Morgan fingerprint density at radius 3 is 1.95 bits per heavy atom. The third-order valence-corrected chi connectivity index (χ3v) is 3.34. The number of rotatable bonds is 9. The zero-order valence-corrected chi connectivity index (χ0v) is 15.7. The van der Waals surface area contributed by atoms with Gasteiger partial charge in [-0.3, -0.25) is 4.99 Å². The lowest BCUT2D eigenvalue weighted by Crippen LogP contribution is -2.38. The fourth-order valence-electron chi connectivity index (χ4n) is 2.10. The molecule has 0 saturated heterocycles. The second-order valence-corrected chi connectivity index (χ2v) is 6.10. The quantitative estimate of drug-likeness (QED) is 0.404. The maximum atomic E-state index is 4.69. The van der Waals surface area contributed by atoms with Crippen LogP contribution in [0, 0.1) is 0 Å². The normalized spacial score (nSPS) is 11.3. The second kappa shape index (κ2) is 13.4. The van der Waals surface area contributed by atoms with Crippen LogP contribution in [0.15, 0.2) is 9.98 Å². The molecule has 0 spiro atoms. The number of guanidine groups is 2. The maximum absolute atomic E-state index is 4.69. The van der Waals surface area contributed by atoms with Gasteiger partial charge in [0, 0.05) is 41.3 Å². The highest BCUT2D eigenvalue weighted by molar-refractivity contribution is 5.94. The molecule has 0 aliphatic heterocycles. The van der Waals surface area contributed by atoms with Crippen molar-refractivity contribution in [3.8, 4) is 0 Å². The van der Waals surface area contributed by atoms with Crippen LogP contribution in [0.3, 0.4) is 0 Å². The van der Waals surface area contributed by atoms with Crippen molar-refractivity contribution in [1.82, 2.24) is 15.1 Å². The molecule has 0 radical (unpaired) electrons. The molecule has 22 heavy (non-hydrogen) atoms. The molecule has 5 nitrogen and oxygen atoms in total. The van der Waals surface area contributed by atoms with Gasteiger partial charge in [-0.15, -0.1) is 0 Å². The Kier molecular flexibility index (Phi) is 12.6. The number of aliphatic imine (C=N–C) groups is 2. The molecule has 1 N–H and O–H groups in total. The lowest BCUT2D eigenvalue weighted by atomic mass is 10.2. The van der Waals surface area contributed by atoms with Crippen molar-refractivity contribution in [2.24, 2.45) is 9.98 Å². The number of nitrogens with one attached hydrogen (secondary N) is 1. The first kappa shape index (κ1) is 20.7. The number of hydrogen-bond acceptors (Lipinski definition) is 1. The number of hydrogen-bond donors (Lipinski definition) is 1. The van der Waals surface area contributed by atoms with Crippen LogP contribution in [0.25, 0.3) is 0 Å². The van der Waals surface area contributed by atoms with Gasteiger partial charge in [-0.2, -0.15) is 4.99 Å². The van der Waals surface area contributed by atoms with Crippen LogP contribution < -0.4 is 5.32 Å². The summed E-state index contributed by atoms with van der Waals surface area (Å²) in [5, 5.41) is 3.37. The lowest BCUT2D eigenvalue weighted by molar-refractivity contribution is 0.484. The van der Waals surface area contributed by atoms with Crippen LogP contribution in [-0.2, 0) is 0 Å². The Morgan fingerprint density at radius 1 is 0.818 bits per heavy atom. The van der Waals surface area contributed by atoms with Crippen LogP contribution in [0.5, 0.6) is 0 Å². The van der Waals surface area contributed by atoms with E-state index in [9.17, 15) is 0 Å². The van der Waals surface area contributed by atoms with Gasteiger partial charge in [-0.05, 0) is 12.8 Å². The molecule has 0 aliphatic carbocycles. The molecule has 5 heteroatoms. The van der Waals surface area contributed by atoms with Crippen LogP contribution in [0.4, 0.5) is 0 Å². The molecule has 0 aromatic rings. The van der Waals surface area contributed by atoms with Gasteiger partial charge in [0.05, 0.1) is 0 Å². The van der Waals surface area contributed by atoms with Gasteiger partial charge in [0.2, 0.25) is 11.9 Å².